The third kappa shape index (κ3) is 2.99. The molecule has 0 spiro atoms. The van der Waals surface area contributed by atoms with E-state index in [9.17, 15) is 8.42 Å². The highest BCUT2D eigenvalue weighted by Gasteiger charge is 2.25. The molecule has 0 aliphatic carbocycles. The Hall–Kier alpha value is -1.31. The first-order chi connectivity index (χ1) is 8.93. The predicted octanol–water partition coefficient (Wildman–Crippen LogP) is 0.125. The second kappa shape index (κ2) is 5.36. The average molecular weight is 285 g/mol. The van der Waals surface area contributed by atoms with E-state index in [1.54, 1.807) is 12.1 Å². The standard InChI is InChI=1S/C12H19N3O3S/c13-12-10(2-1-3-11(12)19(14,17)18)15-6-4-9(8-15)5-7-16/h1-3,9,16H,4-8,13H2,(H2,14,17,18). The normalized spacial score (nSPS) is 19.9. The van der Waals surface area contributed by atoms with Crippen LogP contribution < -0.4 is 15.8 Å². The SMILES string of the molecule is Nc1c(N2CCC(CCO)C2)cccc1S(N)(=O)=O. The fourth-order valence-corrected chi connectivity index (χ4v) is 3.21. The summed E-state index contributed by atoms with van der Waals surface area (Å²) in [5.41, 5.74) is 6.82. The first kappa shape index (κ1) is 14.1. The molecular formula is C12H19N3O3S. The van der Waals surface area contributed by atoms with E-state index >= 15 is 0 Å². The number of aliphatic hydroxyl groups excluding tert-OH is 1. The van der Waals surface area contributed by atoms with Gasteiger partial charge < -0.3 is 15.7 Å². The number of nitrogens with two attached hydrogens (primary N) is 2. The molecule has 0 saturated carbocycles. The summed E-state index contributed by atoms with van der Waals surface area (Å²) in [5.74, 6) is 0.419. The van der Waals surface area contributed by atoms with Crippen LogP contribution in [-0.4, -0.2) is 33.2 Å². The number of nitrogens with zero attached hydrogens (tertiary/aromatic N) is 1. The Labute approximate surface area is 113 Å². The first-order valence-electron chi connectivity index (χ1n) is 6.20. The summed E-state index contributed by atoms with van der Waals surface area (Å²) in [5, 5.41) is 14.1. The molecule has 1 aliphatic heterocycles. The molecule has 1 aromatic rings. The Morgan fingerprint density at radius 1 is 1.42 bits per heavy atom. The molecule has 0 bridgehead atoms. The van der Waals surface area contributed by atoms with E-state index in [-0.39, 0.29) is 17.2 Å². The van der Waals surface area contributed by atoms with Gasteiger partial charge in [0.2, 0.25) is 10.0 Å². The molecule has 0 amide bonds. The lowest BCUT2D eigenvalue weighted by Crippen LogP contribution is -2.23. The van der Waals surface area contributed by atoms with Gasteiger partial charge in [0.1, 0.15) is 4.90 Å². The van der Waals surface area contributed by atoms with E-state index in [0.29, 0.717) is 11.6 Å². The Morgan fingerprint density at radius 2 is 2.16 bits per heavy atom. The third-order valence-corrected chi connectivity index (χ3v) is 4.48. The number of para-hydroxylation sites is 1. The van der Waals surface area contributed by atoms with Gasteiger partial charge in [0.25, 0.3) is 0 Å². The van der Waals surface area contributed by atoms with Crippen molar-refractivity contribution < 1.29 is 13.5 Å². The van der Waals surface area contributed by atoms with Crippen molar-refractivity contribution >= 4 is 21.4 Å². The van der Waals surface area contributed by atoms with Crippen LogP contribution >= 0.6 is 0 Å². The topological polar surface area (TPSA) is 110 Å². The Morgan fingerprint density at radius 3 is 2.79 bits per heavy atom. The average Bonchev–Trinajstić information content (AvgIpc) is 2.76. The molecule has 19 heavy (non-hydrogen) atoms. The van der Waals surface area contributed by atoms with Crippen LogP contribution in [0.1, 0.15) is 12.8 Å². The van der Waals surface area contributed by atoms with E-state index in [1.807, 2.05) is 4.90 Å². The van der Waals surface area contributed by atoms with Crippen LogP contribution in [0.25, 0.3) is 0 Å². The van der Waals surface area contributed by atoms with Crippen molar-refractivity contribution in [2.45, 2.75) is 17.7 Å². The molecule has 1 fully saturated rings. The van der Waals surface area contributed by atoms with Gasteiger partial charge >= 0.3 is 0 Å². The van der Waals surface area contributed by atoms with Gasteiger partial charge in [-0.3, -0.25) is 0 Å². The maximum absolute atomic E-state index is 11.4. The van der Waals surface area contributed by atoms with Gasteiger partial charge in [0, 0.05) is 19.7 Å². The lowest BCUT2D eigenvalue weighted by Gasteiger charge is -2.21. The molecule has 1 saturated heterocycles. The number of anilines is 2. The second-order valence-electron chi connectivity index (χ2n) is 4.85. The van der Waals surface area contributed by atoms with Crippen molar-refractivity contribution in [3.63, 3.8) is 0 Å². The van der Waals surface area contributed by atoms with Gasteiger partial charge in [-0.25, -0.2) is 13.6 Å². The minimum atomic E-state index is -3.80. The summed E-state index contributed by atoms with van der Waals surface area (Å²) < 4.78 is 22.9. The summed E-state index contributed by atoms with van der Waals surface area (Å²) in [6, 6.07) is 4.85. The van der Waals surface area contributed by atoms with E-state index in [1.165, 1.54) is 6.07 Å². The maximum atomic E-state index is 11.4. The van der Waals surface area contributed by atoms with Crippen LogP contribution in [-0.2, 0) is 10.0 Å². The molecule has 5 N–H and O–H groups in total. The predicted molar refractivity (Wildman–Crippen MR) is 74.3 cm³/mol. The number of aliphatic hydroxyl groups is 1. The van der Waals surface area contributed by atoms with Crippen molar-refractivity contribution in [1.82, 2.24) is 0 Å². The molecule has 1 aliphatic rings. The molecule has 1 unspecified atom stereocenters. The van der Waals surface area contributed by atoms with Crippen molar-refractivity contribution in [1.29, 1.82) is 0 Å². The molecule has 1 heterocycles. The van der Waals surface area contributed by atoms with Gasteiger partial charge in [-0.1, -0.05) is 6.07 Å². The fourth-order valence-electron chi connectivity index (χ4n) is 2.53. The van der Waals surface area contributed by atoms with Crippen LogP contribution in [0.5, 0.6) is 0 Å². The smallest absolute Gasteiger partial charge is 0.240 e. The first-order valence-corrected chi connectivity index (χ1v) is 7.75. The number of benzene rings is 1. The van der Waals surface area contributed by atoms with Crippen LogP contribution in [0.2, 0.25) is 0 Å². The highest BCUT2D eigenvalue weighted by Crippen LogP contribution is 2.33. The summed E-state index contributed by atoms with van der Waals surface area (Å²) >= 11 is 0. The fraction of sp³-hybridized carbons (Fsp3) is 0.500. The van der Waals surface area contributed by atoms with Crippen molar-refractivity contribution in [3.8, 4) is 0 Å². The van der Waals surface area contributed by atoms with E-state index < -0.39 is 10.0 Å². The number of nitrogen functional groups attached to an aromatic ring is 1. The zero-order chi connectivity index (χ0) is 14.0. The number of primary sulfonamides is 1. The number of sulfonamides is 1. The largest absolute Gasteiger partial charge is 0.396 e. The number of hydrogen-bond acceptors (Lipinski definition) is 5. The van der Waals surface area contributed by atoms with E-state index in [0.717, 1.165) is 25.9 Å². The van der Waals surface area contributed by atoms with Crippen molar-refractivity contribution in [2.75, 3.05) is 30.3 Å². The van der Waals surface area contributed by atoms with Crippen LogP contribution in [0.3, 0.4) is 0 Å². The minimum absolute atomic E-state index is 0.0318. The Kier molecular flexibility index (Phi) is 3.98. The van der Waals surface area contributed by atoms with E-state index in [2.05, 4.69) is 0 Å². The molecule has 2 rings (SSSR count). The summed E-state index contributed by atoms with van der Waals surface area (Å²) in [6.45, 7) is 1.76. The zero-order valence-corrected chi connectivity index (χ0v) is 11.4. The van der Waals surface area contributed by atoms with Gasteiger partial charge in [-0.2, -0.15) is 0 Å². The number of rotatable bonds is 4. The molecule has 0 radical (unpaired) electrons. The molecular weight excluding hydrogens is 266 g/mol. The minimum Gasteiger partial charge on any atom is -0.396 e. The highest BCUT2D eigenvalue weighted by molar-refractivity contribution is 7.89. The zero-order valence-electron chi connectivity index (χ0n) is 10.6. The highest BCUT2D eigenvalue weighted by atomic mass is 32.2. The second-order valence-corrected chi connectivity index (χ2v) is 6.38. The molecule has 1 aromatic carbocycles. The quantitative estimate of drug-likeness (QED) is 0.681. The molecule has 1 atom stereocenters. The number of hydrogen-bond donors (Lipinski definition) is 3. The van der Waals surface area contributed by atoms with Gasteiger partial charge in [-0.15, -0.1) is 0 Å². The van der Waals surface area contributed by atoms with Crippen LogP contribution in [0, 0.1) is 5.92 Å². The summed E-state index contributed by atoms with van der Waals surface area (Å²) in [4.78, 5) is 2.01. The lowest BCUT2D eigenvalue weighted by molar-refractivity contribution is 0.263. The lowest BCUT2D eigenvalue weighted by atomic mass is 10.1. The van der Waals surface area contributed by atoms with E-state index in [4.69, 9.17) is 16.0 Å². The van der Waals surface area contributed by atoms with Crippen LogP contribution in [0.15, 0.2) is 23.1 Å². The van der Waals surface area contributed by atoms with Crippen molar-refractivity contribution in [3.05, 3.63) is 18.2 Å². The summed E-state index contributed by atoms with van der Waals surface area (Å²) in [7, 11) is -3.80. The maximum Gasteiger partial charge on any atom is 0.240 e. The Balaban J connectivity index is 2.27. The summed E-state index contributed by atoms with van der Waals surface area (Å²) in [6.07, 6.45) is 1.73. The molecule has 7 heteroatoms. The van der Waals surface area contributed by atoms with Gasteiger partial charge in [0.15, 0.2) is 0 Å². The molecule has 6 nitrogen and oxygen atoms in total. The Bertz CT molecular complexity index is 559. The molecule has 0 aromatic heterocycles. The molecule has 106 valence electrons. The van der Waals surface area contributed by atoms with Gasteiger partial charge in [0.05, 0.1) is 11.4 Å². The van der Waals surface area contributed by atoms with Crippen molar-refractivity contribution in [2.24, 2.45) is 11.1 Å². The van der Waals surface area contributed by atoms with Crippen LogP contribution in [0.4, 0.5) is 11.4 Å². The van der Waals surface area contributed by atoms with Gasteiger partial charge in [-0.05, 0) is 30.9 Å². The third-order valence-electron chi connectivity index (χ3n) is 3.51. The monoisotopic (exact) mass is 285 g/mol.